The fourth-order valence-electron chi connectivity index (χ4n) is 1.87. The molecule has 2 nitrogen and oxygen atoms in total. The highest BCUT2D eigenvalue weighted by Gasteiger charge is 2.14. The fourth-order valence-corrected chi connectivity index (χ4v) is 2.27. The fraction of sp³-hybridized carbons (Fsp3) is 0.357. The Kier molecular flexibility index (Phi) is 5.09. The van der Waals surface area contributed by atoms with Gasteiger partial charge >= 0.3 is 0 Å². The summed E-state index contributed by atoms with van der Waals surface area (Å²) in [4.78, 5) is 6.54. The zero-order chi connectivity index (χ0) is 12.8. The SMILES string of the molecule is ClCCCCN1C=C(c2ccccc2)C(Cl)=NC1. The molecule has 4 heteroatoms. The van der Waals surface area contributed by atoms with Crippen LogP contribution in [0, 0.1) is 0 Å². The summed E-state index contributed by atoms with van der Waals surface area (Å²) in [6, 6.07) is 10.1. The van der Waals surface area contributed by atoms with Gasteiger partial charge in [0.15, 0.2) is 0 Å². The molecule has 96 valence electrons. The van der Waals surface area contributed by atoms with Gasteiger partial charge in [0, 0.05) is 24.2 Å². The topological polar surface area (TPSA) is 15.6 Å². The Balaban J connectivity index is 2.09. The first-order valence-corrected chi connectivity index (χ1v) is 7.00. The van der Waals surface area contributed by atoms with Gasteiger partial charge < -0.3 is 4.90 Å². The van der Waals surface area contributed by atoms with E-state index in [4.69, 9.17) is 23.2 Å². The minimum absolute atomic E-state index is 0.592. The third kappa shape index (κ3) is 3.50. The molecule has 0 spiro atoms. The molecule has 1 aliphatic heterocycles. The van der Waals surface area contributed by atoms with Crippen molar-refractivity contribution in [1.82, 2.24) is 4.90 Å². The quantitative estimate of drug-likeness (QED) is 0.590. The standard InChI is InChI=1S/C14H16Cl2N2/c15-8-4-5-9-18-10-13(14(16)17-11-18)12-6-2-1-3-7-12/h1-3,6-7,10H,4-5,8-9,11H2. The average Bonchev–Trinajstić information content (AvgIpc) is 2.42. The zero-order valence-electron chi connectivity index (χ0n) is 10.1. The molecule has 1 aromatic carbocycles. The maximum atomic E-state index is 6.18. The minimum atomic E-state index is 0.592. The highest BCUT2D eigenvalue weighted by molar-refractivity contribution is 6.76. The van der Waals surface area contributed by atoms with Crippen molar-refractivity contribution in [3.05, 3.63) is 42.1 Å². The lowest BCUT2D eigenvalue weighted by Crippen LogP contribution is -2.24. The van der Waals surface area contributed by atoms with Crippen LogP contribution < -0.4 is 0 Å². The Bertz CT molecular complexity index is 440. The maximum Gasteiger partial charge on any atom is 0.134 e. The largest absolute Gasteiger partial charge is 0.358 e. The van der Waals surface area contributed by atoms with Gasteiger partial charge in [-0.25, -0.2) is 0 Å². The molecule has 0 aromatic heterocycles. The molecule has 1 heterocycles. The van der Waals surface area contributed by atoms with E-state index >= 15 is 0 Å². The van der Waals surface area contributed by atoms with Crippen LogP contribution in [0.2, 0.25) is 0 Å². The molecule has 0 fully saturated rings. The molecule has 0 saturated heterocycles. The molecule has 0 aliphatic carbocycles. The molecular weight excluding hydrogens is 267 g/mol. The van der Waals surface area contributed by atoms with Crippen LogP contribution in [0.3, 0.4) is 0 Å². The lowest BCUT2D eigenvalue weighted by atomic mass is 10.1. The van der Waals surface area contributed by atoms with Gasteiger partial charge in [-0.2, -0.15) is 0 Å². The lowest BCUT2D eigenvalue weighted by Gasteiger charge is -2.24. The van der Waals surface area contributed by atoms with Crippen LogP contribution in [0.25, 0.3) is 5.57 Å². The Morgan fingerprint density at radius 3 is 2.67 bits per heavy atom. The summed E-state index contributed by atoms with van der Waals surface area (Å²) in [5.41, 5.74) is 2.10. The van der Waals surface area contributed by atoms with Crippen LogP contribution in [0.5, 0.6) is 0 Å². The highest BCUT2D eigenvalue weighted by atomic mass is 35.5. The van der Waals surface area contributed by atoms with Crippen molar-refractivity contribution < 1.29 is 0 Å². The monoisotopic (exact) mass is 282 g/mol. The Morgan fingerprint density at radius 1 is 1.17 bits per heavy atom. The van der Waals surface area contributed by atoms with Crippen molar-refractivity contribution in [3.63, 3.8) is 0 Å². The van der Waals surface area contributed by atoms with E-state index in [0.717, 1.165) is 30.5 Å². The molecule has 18 heavy (non-hydrogen) atoms. The highest BCUT2D eigenvalue weighted by Crippen LogP contribution is 2.22. The van der Waals surface area contributed by atoms with Crippen LogP contribution in [0.1, 0.15) is 18.4 Å². The zero-order valence-corrected chi connectivity index (χ0v) is 11.7. The number of alkyl halides is 1. The van der Waals surface area contributed by atoms with Gasteiger partial charge in [0.25, 0.3) is 0 Å². The molecule has 0 saturated carbocycles. The van der Waals surface area contributed by atoms with Crippen LogP contribution in [-0.4, -0.2) is 29.2 Å². The number of rotatable bonds is 5. The first kappa shape index (κ1) is 13.4. The average molecular weight is 283 g/mol. The molecule has 0 radical (unpaired) electrons. The second-order valence-electron chi connectivity index (χ2n) is 4.21. The smallest absolute Gasteiger partial charge is 0.134 e. The van der Waals surface area contributed by atoms with Crippen molar-refractivity contribution in [1.29, 1.82) is 0 Å². The number of hydrogen-bond donors (Lipinski definition) is 0. The van der Waals surface area contributed by atoms with Crippen LogP contribution in [-0.2, 0) is 0 Å². The predicted molar refractivity (Wildman–Crippen MR) is 79.2 cm³/mol. The number of hydrogen-bond acceptors (Lipinski definition) is 2. The van der Waals surface area contributed by atoms with Crippen molar-refractivity contribution in [3.8, 4) is 0 Å². The second-order valence-corrected chi connectivity index (χ2v) is 4.94. The Morgan fingerprint density at radius 2 is 1.94 bits per heavy atom. The lowest BCUT2D eigenvalue weighted by molar-refractivity contribution is 0.379. The van der Waals surface area contributed by atoms with Crippen molar-refractivity contribution in [2.75, 3.05) is 19.1 Å². The second kappa shape index (κ2) is 6.81. The number of unbranched alkanes of at least 4 members (excludes halogenated alkanes) is 1. The number of allylic oxidation sites excluding steroid dienone is 1. The van der Waals surface area contributed by atoms with Crippen LogP contribution >= 0.6 is 23.2 Å². The summed E-state index contributed by atoms with van der Waals surface area (Å²) in [6.07, 6.45) is 4.21. The maximum absolute atomic E-state index is 6.18. The van der Waals surface area contributed by atoms with Gasteiger partial charge in [0.1, 0.15) is 11.8 Å². The summed E-state index contributed by atoms with van der Waals surface area (Å²) >= 11 is 11.9. The third-order valence-corrected chi connectivity index (χ3v) is 3.43. The Labute approximate surface area is 118 Å². The van der Waals surface area contributed by atoms with Gasteiger partial charge in [-0.3, -0.25) is 4.99 Å². The first-order valence-electron chi connectivity index (χ1n) is 6.09. The molecule has 0 N–H and O–H groups in total. The van der Waals surface area contributed by atoms with Gasteiger partial charge in [-0.15, -0.1) is 11.6 Å². The van der Waals surface area contributed by atoms with E-state index in [1.807, 2.05) is 30.3 Å². The molecule has 0 amide bonds. The molecule has 1 aliphatic rings. The van der Waals surface area contributed by atoms with E-state index in [1.54, 1.807) is 0 Å². The van der Waals surface area contributed by atoms with Gasteiger partial charge in [0.05, 0.1) is 0 Å². The molecule has 2 rings (SSSR count). The van der Waals surface area contributed by atoms with E-state index in [2.05, 4.69) is 16.1 Å². The van der Waals surface area contributed by atoms with Crippen molar-refractivity contribution in [2.45, 2.75) is 12.8 Å². The third-order valence-electron chi connectivity index (χ3n) is 2.84. The number of nitrogens with zero attached hydrogens (tertiary/aromatic N) is 2. The summed E-state index contributed by atoms with van der Waals surface area (Å²) < 4.78 is 0. The number of benzene rings is 1. The van der Waals surface area contributed by atoms with E-state index in [9.17, 15) is 0 Å². The van der Waals surface area contributed by atoms with Crippen molar-refractivity contribution >= 4 is 33.9 Å². The van der Waals surface area contributed by atoms with Crippen LogP contribution in [0.4, 0.5) is 0 Å². The van der Waals surface area contributed by atoms with E-state index in [0.29, 0.717) is 17.7 Å². The minimum Gasteiger partial charge on any atom is -0.358 e. The number of halogens is 2. The Hall–Kier alpha value is -0.990. The van der Waals surface area contributed by atoms with Crippen molar-refractivity contribution in [2.24, 2.45) is 4.99 Å². The van der Waals surface area contributed by atoms with Gasteiger partial charge in [-0.1, -0.05) is 41.9 Å². The summed E-state index contributed by atoms with van der Waals surface area (Å²) in [5, 5.41) is 0.592. The molecule has 1 aromatic rings. The first-order chi connectivity index (χ1) is 8.81. The normalized spacial score (nSPS) is 15.3. The molecule has 0 bridgehead atoms. The summed E-state index contributed by atoms with van der Waals surface area (Å²) in [7, 11) is 0. The van der Waals surface area contributed by atoms with Crippen LogP contribution in [0.15, 0.2) is 41.5 Å². The summed E-state index contributed by atoms with van der Waals surface area (Å²) in [5.74, 6) is 0.715. The van der Waals surface area contributed by atoms with E-state index in [1.165, 1.54) is 0 Å². The summed E-state index contributed by atoms with van der Waals surface area (Å²) in [6.45, 7) is 1.61. The van der Waals surface area contributed by atoms with E-state index in [-0.39, 0.29) is 0 Å². The molecule has 0 unspecified atom stereocenters. The number of aliphatic imine (C=N–C) groups is 1. The molecular formula is C14H16Cl2N2. The van der Waals surface area contributed by atoms with E-state index < -0.39 is 0 Å². The van der Waals surface area contributed by atoms with Gasteiger partial charge in [-0.05, 0) is 18.4 Å². The van der Waals surface area contributed by atoms with Gasteiger partial charge in [0.2, 0.25) is 0 Å². The predicted octanol–water partition coefficient (Wildman–Crippen LogP) is 3.96. The molecule has 0 atom stereocenters.